The first-order chi connectivity index (χ1) is 13.8. The van der Waals surface area contributed by atoms with Gasteiger partial charge in [-0.25, -0.2) is 13.8 Å². The summed E-state index contributed by atoms with van der Waals surface area (Å²) in [7, 11) is 1.51. The summed E-state index contributed by atoms with van der Waals surface area (Å²) < 4.78 is 27.8. The molecule has 0 fully saturated rings. The van der Waals surface area contributed by atoms with Gasteiger partial charge < -0.3 is 5.32 Å². The number of hydrogen-bond acceptors (Lipinski definition) is 4. The number of benzene rings is 2. The largest absolute Gasteiger partial charge is 0.346 e. The van der Waals surface area contributed by atoms with E-state index in [9.17, 15) is 18.4 Å². The van der Waals surface area contributed by atoms with Crippen molar-refractivity contribution in [3.8, 4) is 0 Å². The quantitative estimate of drug-likeness (QED) is 0.678. The summed E-state index contributed by atoms with van der Waals surface area (Å²) in [6.45, 7) is 3.62. The van der Waals surface area contributed by atoms with Crippen LogP contribution in [-0.2, 0) is 6.54 Å². The number of amides is 2. The molecule has 3 rings (SSSR count). The molecule has 0 saturated heterocycles. The van der Waals surface area contributed by atoms with Crippen LogP contribution >= 0.6 is 11.3 Å². The van der Waals surface area contributed by atoms with E-state index in [1.54, 1.807) is 31.4 Å². The van der Waals surface area contributed by atoms with Gasteiger partial charge in [0.25, 0.3) is 11.8 Å². The smallest absolute Gasteiger partial charge is 0.262 e. The van der Waals surface area contributed by atoms with Crippen LogP contribution in [0.25, 0.3) is 0 Å². The minimum Gasteiger partial charge on any atom is -0.346 e. The van der Waals surface area contributed by atoms with Gasteiger partial charge in [-0.1, -0.05) is 23.3 Å². The molecule has 1 N–H and O–H groups in total. The molecule has 1 aromatic heterocycles. The van der Waals surface area contributed by atoms with E-state index in [2.05, 4.69) is 10.3 Å². The highest BCUT2D eigenvalue weighted by molar-refractivity contribution is 7.14. The Balaban J connectivity index is 1.68. The number of rotatable bonds is 5. The van der Waals surface area contributed by atoms with Crippen molar-refractivity contribution in [2.75, 3.05) is 11.9 Å². The molecule has 0 spiro atoms. The van der Waals surface area contributed by atoms with E-state index in [1.165, 1.54) is 47.5 Å². The summed E-state index contributed by atoms with van der Waals surface area (Å²) >= 11 is 1.19. The second kappa shape index (κ2) is 8.48. The highest BCUT2D eigenvalue weighted by Gasteiger charge is 2.20. The molecule has 0 bridgehead atoms. The van der Waals surface area contributed by atoms with Crippen molar-refractivity contribution in [2.24, 2.45) is 0 Å². The molecule has 0 aliphatic carbocycles. The first-order valence-corrected chi connectivity index (χ1v) is 9.67. The minimum absolute atomic E-state index is 0.0347. The lowest BCUT2D eigenvalue weighted by atomic mass is 10.1. The van der Waals surface area contributed by atoms with Crippen LogP contribution < -0.4 is 10.2 Å². The van der Waals surface area contributed by atoms with Gasteiger partial charge in [0.15, 0.2) is 5.13 Å². The first-order valence-electron chi connectivity index (χ1n) is 8.79. The van der Waals surface area contributed by atoms with Crippen molar-refractivity contribution < 1.29 is 18.4 Å². The fourth-order valence-corrected chi connectivity index (χ4v) is 3.47. The lowest BCUT2D eigenvalue weighted by molar-refractivity contribution is 0.0944. The van der Waals surface area contributed by atoms with Gasteiger partial charge >= 0.3 is 0 Å². The van der Waals surface area contributed by atoms with Gasteiger partial charge in [-0.05, 0) is 38.1 Å². The molecule has 0 radical (unpaired) electrons. The number of anilines is 1. The van der Waals surface area contributed by atoms with Gasteiger partial charge in [0.2, 0.25) is 0 Å². The average Bonchev–Trinajstić information content (AvgIpc) is 3.17. The molecule has 3 aromatic rings. The predicted molar refractivity (Wildman–Crippen MR) is 108 cm³/mol. The summed E-state index contributed by atoms with van der Waals surface area (Å²) in [5, 5.41) is 4.66. The fourth-order valence-electron chi connectivity index (χ4n) is 2.68. The highest BCUT2D eigenvalue weighted by atomic mass is 32.1. The SMILES string of the molecule is Cc1ccc(F)c(C(=O)NCc2csc(N(C)C(=O)c3cc(C)ccc3F)n2)c1. The van der Waals surface area contributed by atoms with E-state index >= 15 is 0 Å². The van der Waals surface area contributed by atoms with Crippen molar-refractivity contribution in [1.29, 1.82) is 0 Å². The van der Waals surface area contributed by atoms with E-state index in [-0.39, 0.29) is 17.7 Å². The van der Waals surface area contributed by atoms with E-state index in [1.807, 2.05) is 0 Å². The molecule has 0 aliphatic heterocycles. The third kappa shape index (κ3) is 4.65. The van der Waals surface area contributed by atoms with Crippen LogP contribution in [0, 0.1) is 25.5 Å². The zero-order valence-electron chi connectivity index (χ0n) is 16.1. The van der Waals surface area contributed by atoms with Crippen LogP contribution in [0.1, 0.15) is 37.5 Å². The second-order valence-electron chi connectivity index (χ2n) is 6.63. The number of hydrogen-bond donors (Lipinski definition) is 1. The summed E-state index contributed by atoms with van der Waals surface area (Å²) in [5.41, 5.74) is 1.98. The molecule has 1 heterocycles. The molecule has 0 unspecified atom stereocenters. The maximum atomic E-state index is 14.0. The Hall–Kier alpha value is -3.13. The molecule has 0 atom stereocenters. The average molecular weight is 415 g/mol. The number of halogens is 2. The number of nitrogens with one attached hydrogen (secondary N) is 1. The zero-order valence-corrected chi connectivity index (χ0v) is 16.9. The first kappa shape index (κ1) is 20.6. The van der Waals surface area contributed by atoms with Gasteiger partial charge in [0.05, 0.1) is 23.4 Å². The van der Waals surface area contributed by atoms with E-state index < -0.39 is 23.4 Å². The van der Waals surface area contributed by atoms with Crippen molar-refractivity contribution in [3.63, 3.8) is 0 Å². The minimum atomic E-state index is -0.600. The maximum Gasteiger partial charge on any atom is 0.262 e. The van der Waals surface area contributed by atoms with E-state index in [4.69, 9.17) is 0 Å². The van der Waals surface area contributed by atoms with Crippen LogP contribution in [0.5, 0.6) is 0 Å². The lowest BCUT2D eigenvalue weighted by Gasteiger charge is -2.14. The molecule has 2 amide bonds. The summed E-state index contributed by atoms with van der Waals surface area (Å²) in [6, 6.07) is 8.63. The Morgan fingerprint density at radius 2 is 1.62 bits per heavy atom. The van der Waals surface area contributed by atoms with Gasteiger partial charge in [-0.2, -0.15) is 0 Å². The van der Waals surface area contributed by atoms with Crippen molar-refractivity contribution in [3.05, 3.63) is 81.4 Å². The van der Waals surface area contributed by atoms with E-state index in [0.29, 0.717) is 10.8 Å². The van der Waals surface area contributed by atoms with Gasteiger partial charge in [-0.15, -0.1) is 11.3 Å². The van der Waals surface area contributed by atoms with Crippen molar-refractivity contribution >= 4 is 28.3 Å². The topological polar surface area (TPSA) is 62.3 Å². The molecule has 2 aromatic carbocycles. The van der Waals surface area contributed by atoms with Gasteiger partial charge in [0, 0.05) is 12.4 Å². The number of aryl methyl sites for hydroxylation is 2. The molecular formula is C21H19F2N3O2S. The second-order valence-corrected chi connectivity index (χ2v) is 7.47. The Kier molecular flexibility index (Phi) is 6.03. The lowest BCUT2D eigenvalue weighted by Crippen LogP contribution is -2.27. The standard InChI is InChI=1S/C21H19F2N3O2S/c1-12-4-6-17(22)15(8-12)19(27)24-10-14-11-29-21(25-14)26(3)20(28)16-9-13(2)5-7-18(16)23/h4-9,11H,10H2,1-3H3,(H,24,27). The van der Waals surface area contributed by atoms with Crippen LogP contribution in [-0.4, -0.2) is 23.8 Å². The van der Waals surface area contributed by atoms with E-state index in [0.717, 1.165) is 11.1 Å². The third-order valence-corrected chi connectivity index (χ3v) is 5.25. The van der Waals surface area contributed by atoms with Crippen LogP contribution in [0.15, 0.2) is 41.8 Å². The van der Waals surface area contributed by atoms with Gasteiger partial charge in [0.1, 0.15) is 11.6 Å². The monoisotopic (exact) mass is 415 g/mol. The van der Waals surface area contributed by atoms with Crippen LogP contribution in [0.4, 0.5) is 13.9 Å². The number of nitrogens with zero attached hydrogens (tertiary/aromatic N) is 2. The van der Waals surface area contributed by atoms with Crippen LogP contribution in [0.2, 0.25) is 0 Å². The third-order valence-electron chi connectivity index (χ3n) is 4.28. The Bertz CT molecular complexity index is 1080. The van der Waals surface area contributed by atoms with Crippen LogP contribution in [0.3, 0.4) is 0 Å². The fraction of sp³-hybridized carbons (Fsp3) is 0.190. The maximum absolute atomic E-state index is 14.0. The number of thiazole rings is 1. The van der Waals surface area contributed by atoms with Crippen molar-refractivity contribution in [1.82, 2.24) is 10.3 Å². The van der Waals surface area contributed by atoms with Crippen molar-refractivity contribution in [2.45, 2.75) is 20.4 Å². The summed E-state index contributed by atoms with van der Waals surface area (Å²) in [6.07, 6.45) is 0. The number of carbonyl (C=O) groups is 2. The Morgan fingerprint density at radius 3 is 2.28 bits per heavy atom. The highest BCUT2D eigenvalue weighted by Crippen LogP contribution is 2.22. The molecule has 8 heteroatoms. The molecule has 29 heavy (non-hydrogen) atoms. The molecule has 5 nitrogen and oxygen atoms in total. The number of carbonyl (C=O) groups excluding carboxylic acids is 2. The summed E-state index contributed by atoms with van der Waals surface area (Å²) in [4.78, 5) is 30.4. The molecule has 150 valence electrons. The molecule has 0 aliphatic rings. The Morgan fingerprint density at radius 1 is 1.03 bits per heavy atom. The normalized spacial score (nSPS) is 10.7. The molecular weight excluding hydrogens is 396 g/mol. The Labute approximate surface area is 171 Å². The number of aromatic nitrogens is 1. The molecule has 0 saturated carbocycles. The zero-order chi connectivity index (χ0) is 21.1. The van der Waals surface area contributed by atoms with Gasteiger partial charge in [-0.3, -0.25) is 14.5 Å². The summed E-state index contributed by atoms with van der Waals surface area (Å²) in [5.74, 6) is -2.26. The predicted octanol–water partition coefficient (Wildman–Crippen LogP) is 4.24.